The zero-order chi connectivity index (χ0) is 15.0. The van der Waals surface area contributed by atoms with Crippen molar-refractivity contribution in [3.8, 4) is 0 Å². The molecule has 0 saturated carbocycles. The lowest BCUT2D eigenvalue weighted by Gasteiger charge is -2.07. The van der Waals surface area contributed by atoms with Crippen molar-refractivity contribution in [1.29, 1.82) is 0 Å². The summed E-state index contributed by atoms with van der Waals surface area (Å²) >= 11 is 0. The summed E-state index contributed by atoms with van der Waals surface area (Å²) in [5.74, 6) is -0.0995. The lowest BCUT2D eigenvalue weighted by molar-refractivity contribution is 0.101. The molecule has 20 heavy (non-hydrogen) atoms. The van der Waals surface area contributed by atoms with E-state index in [1.807, 2.05) is 0 Å². The molecule has 0 unspecified atom stereocenters. The van der Waals surface area contributed by atoms with E-state index in [1.165, 1.54) is 31.2 Å². The SMILES string of the molecule is C=CCCOCCNS(=O)(=O)c1ccc(C(C)=O)cc1. The van der Waals surface area contributed by atoms with Crippen LogP contribution in [0.25, 0.3) is 0 Å². The number of carbonyl (C=O) groups excluding carboxylic acids is 1. The second-order valence-corrected chi connectivity index (χ2v) is 5.94. The zero-order valence-corrected chi connectivity index (χ0v) is 12.3. The van der Waals surface area contributed by atoms with E-state index < -0.39 is 10.0 Å². The summed E-state index contributed by atoms with van der Waals surface area (Å²) in [6.07, 6.45) is 2.47. The van der Waals surface area contributed by atoms with Crippen molar-refractivity contribution in [2.24, 2.45) is 0 Å². The van der Waals surface area contributed by atoms with Crippen molar-refractivity contribution in [3.63, 3.8) is 0 Å². The molecular weight excluding hydrogens is 278 g/mol. The Kier molecular flexibility index (Phi) is 6.57. The lowest BCUT2D eigenvalue weighted by atomic mass is 10.2. The topological polar surface area (TPSA) is 72.5 Å². The summed E-state index contributed by atoms with van der Waals surface area (Å²) in [6, 6.07) is 5.82. The van der Waals surface area contributed by atoms with Crippen LogP contribution in [-0.4, -0.2) is 34.0 Å². The van der Waals surface area contributed by atoms with Gasteiger partial charge in [0.25, 0.3) is 0 Å². The summed E-state index contributed by atoms with van der Waals surface area (Å²) in [7, 11) is -3.56. The highest BCUT2D eigenvalue weighted by molar-refractivity contribution is 7.89. The highest BCUT2D eigenvalue weighted by atomic mass is 32.2. The van der Waals surface area contributed by atoms with Crippen LogP contribution in [0.3, 0.4) is 0 Å². The fourth-order valence-electron chi connectivity index (χ4n) is 1.47. The number of rotatable bonds is 9. The van der Waals surface area contributed by atoms with Crippen molar-refractivity contribution in [2.75, 3.05) is 19.8 Å². The summed E-state index contributed by atoms with van der Waals surface area (Å²) in [5, 5.41) is 0. The molecule has 0 amide bonds. The smallest absolute Gasteiger partial charge is 0.240 e. The number of sulfonamides is 1. The maximum absolute atomic E-state index is 11.9. The van der Waals surface area contributed by atoms with Gasteiger partial charge < -0.3 is 4.74 Å². The van der Waals surface area contributed by atoms with Gasteiger partial charge in [-0.05, 0) is 25.5 Å². The Bertz CT molecular complexity index is 549. The van der Waals surface area contributed by atoms with Crippen LogP contribution in [0.2, 0.25) is 0 Å². The van der Waals surface area contributed by atoms with Crippen molar-refractivity contribution < 1.29 is 17.9 Å². The third kappa shape index (κ3) is 5.24. The standard InChI is InChI=1S/C14H19NO4S/c1-3-4-10-19-11-9-15-20(17,18)14-7-5-13(6-8-14)12(2)16/h3,5-8,15H,1,4,9-11H2,2H3. The van der Waals surface area contributed by atoms with E-state index in [1.54, 1.807) is 6.08 Å². The number of ketones is 1. The first-order valence-corrected chi connectivity index (χ1v) is 7.75. The van der Waals surface area contributed by atoms with Crippen molar-refractivity contribution in [2.45, 2.75) is 18.2 Å². The van der Waals surface area contributed by atoms with Crippen LogP contribution in [-0.2, 0) is 14.8 Å². The number of carbonyl (C=O) groups is 1. The fourth-order valence-corrected chi connectivity index (χ4v) is 2.48. The van der Waals surface area contributed by atoms with Crippen molar-refractivity contribution in [3.05, 3.63) is 42.5 Å². The summed E-state index contributed by atoms with van der Waals surface area (Å²) < 4.78 is 31.5. The number of benzene rings is 1. The van der Waals surface area contributed by atoms with Gasteiger partial charge in [-0.1, -0.05) is 18.2 Å². The number of ether oxygens (including phenoxy) is 1. The molecule has 1 N–H and O–H groups in total. The van der Waals surface area contributed by atoms with Crippen molar-refractivity contribution in [1.82, 2.24) is 4.72 Å². The average molecular weight is 297 g/mol. The molecule has 6 heteroatoms. The second kappa shape index (κ2) is 7.94. The molecule has 1 aromatic carbocycles. The van der Waals surface area contributed by atoms with E-state index in [9.17, 15) is 13.2 Å². The molecule has 110 valence electrons. The Hall–Kier alpha value is -1.50. The van der Waals surface area contributed by atoms with E-state index >= 15 is 0 Å². The van der Waals surface area contributed by atoms with Gasteiger partial charge in [-0.15, -0.1) is 6.58 Å². The maximum Gasteiger partial charge on any atom is 0.240 e. The Morgan fingerprint density at radius 3 is 2.50 bits per heavy atom. The minimum Gasteiger partial charge on any atom is -0.380 e. The first-order chi connectivity index (χ1) is 9.47. The van der Waals surface area contributed by atoms with Gasteiger partial charge in [0.1, 0.15) is 0 Å². The lowest BCUT2D eigenvalue weighted by Crippen LogP contribution is -2.27. The molecule has 0 saturated heterocycles. The molecule has 0 aliphatic rings. The molecule has 0 fully saturated rings. The average Bonchev–Trinajstić information content (AvgIpc) is 2.43. The van der Waals surface area contributed by atoms with Gasteiger partial charge in [0, 0.05) is 12.1 Å². The Morgan fingerprint density at radius 2 is 1.95 bits per heavy atom. The van der Waals surface area contributed by atoms with Crippen LogP contribution in [0, 0.1) is 0 Å². The predicted octanol–water partition coefficient (Wildman–Crippen LogP) is 1.76. The van der Waals surface area contributed by atoms with E-state index in [-0.39, 0.29) is 17.2 Å². The van der Waals surface area contributed by atoms with Gasteiger partial charge in [0.2, 0.25) is 10.0 Å². The molecule has 1 rings (SSSR count). The molecule has 0 heterocycles. The van der Waals surface area contributed by atoms with Gasteiger partial charge in [0.05, 0.1) is 18.1 Å². The largest absolute Gasteiger partial charge is 0.380 e. The highest BCUT2D eigenvalue weighted by Gasteiger charge is 2.13. The van der Waals surface area contributed by atoms with Crippen LogP contribution in [0.4, 0.5) is 0 Å². The molecule has 1 aromatic rings. The van der Waals surface area contributed by atoms with Crippen molar-refractivity contribution >= 4 is 15.8 Å². The van der Waals surface area contributed by atoms with Crippen LogP contribution in [0.1, 0.15) is 23.7 Å². The number of hydrogen-bond donors (Lipinski definition) is 1. The van der Waals surface area contributed by atoms with Gasteiger partial charge in [-0.2, -0.15) is 0 Å². The van der Waals surface area contributed by atoms with E-state index in [4.69, 9.17) is 4.74 Å². The van der Waals surface area contributed by atoms with Gasteiger partial charge in [-0.25, -0.2) is 13.1 Å². The molecular formula is C14H19NO4S. The first-order valence-electron chi connectivity index (χ1n) is 6.26. The Morgan fingerprint density at radius 1 is 1.30 bits per heavy atom. The van der Waals surface area contributed by atoms with Crippen LogP contribution >= 0.6 is 0 Å². The number of hydrogen-bond acceptors (Lipinski definition) is 4. The fraction of sp³-hybridized carbons (Fsp3) is 0.357. The summed E-state index contributed by atoms with van der Waals surface area (Å²) in [5.41, 5.74) is 0.483. The first kappa shape index (κ1) is 16.6. The monoisotopic (exact) mass is 297 g/mol. The Labute approximate surface area is 119 Å². The van der Waals surface area contributed by atoms with Crippen LogP contribution in [0.5, 0.6) is 0 Å². The van der Waals surface area contributed by atoms with E-state index in [2.05, 4.69) is 11.3 Å². The molecule has 0 radical (unpaired) electrons. The van der Waals surface area contributed by atoms with Crippen LogP contribution in [0.15, 0.2) is 41.8 Å². The molecule has 0 aliphatic heterocycles. The van der Waals surface area contributed by atoms with E-state index in [0.29, 0.717) is 18.8 Å². The summed E-state index contributed by atoms with van der Waals surface area (Å²) in [6.45, 7) is 6.03. The zero-order valence-electron chi connectivity index (χ0n) is 11.5. The molecule has 0 aromatic heterocycles. The quantitative estimate of drug-likeness (QED) is 0.428. The maximum atomic E-state index is 11.9. The number of nitrogens with one attached hydrogen (secondary N) is 1. The highest BCUT2D eigenvalue weighted by Crippen LogP contribution is 2.10. The molecule has 0 aliphatic carbocycles. The van der Waals surface area contributed by atoms with Gasteiger partial charge >= 0.3 is 0 Å². The third-order valence-electron chi connectivity index (χ3n) is 2.58. The minimum absolute atomic E-state index is 0.0995. The summed E-state index contributed by atoms with van der Waals surface area (Å²) in [4.78, 5) is 11.2. The normalized spacial score (nSPS) is 11.2. The number of Topliss-reactive ketones (excluding diaryl/α,β-unsaturated/α-hetero) is 1. The van der Waals surface area contributed by atoms with Gasteiger partial charge in [-0.3, -0.25) is 4.79 Å². The molecule has 5 nitrogen and oxygen atoms in total. The minimum atomic E-state index is -3.56. The predicted molar refractivity (Wildman–Crippen MR) is 77.3 cm³/mol. The third-order valence-corrected chi connectivity index (χ3v) is 4.05. The van der Waals surface area contributed by atoms with Crippen LogP contribution < -0.4 is 4.72 Å². The molecule has 0 atom stereocenters. The molecule has 0 bridgehead atoms. The van der Waals surface area contributed by atoms with Gasteiger partial charge in [0.15, 0.2) is 5.78 Å². The Balaban J connectivity index is 2.51. The van der Waals surface area contributed by atoms with E-state index in [0.717, 1.165) is 6.42 Å². The molecule has 0 spiro atoms. The second-order valence-electron chi connectivity index (χ2n) is 4.17.